The van der Waals surface area contributed by atoms with Crippen LogP contribution in [0.4, 0.5) is 0 Å². The lowest BCUT2D eigenvalue weighted by Crippen LogP contribution is -2.03. The number of aromatic amines is 1. The Bertz CT molecular complexity index is 602. The Morgan fingerprint density at radius 2 is 1.94 bits per heavy atom. The Hall–Kier alpha value is -1.00. The number of hydrogen-bond donors (Lipinski definition) is 1. The Labute approximate surface area is 121 Å². The molecular weight excluding hydrogens is 308 g/mol. The largest absolute Gasteiger partial charge is 0.347 e. The van der Waals surface area contributed by atoms with E-state index in [0.717, 1.165) is 39.0 Å². The van der Waals surface area contributed by atoms with Gasteiger partial charge in [0.15, 0.2) is 0 Å². The third-order valence-electron chi connectivity index (χ3n) is 2.92. The first-order valence-corrected chi connectivity index (χ1v) is 7.13. The van der Waals surface area contributed by atoms with Gasteiger partial charge in [-0.1, -0.05) is 47.2 Å². The predicted octanol–water partition coefficient (Wildman–Crippen LogP) is 4.36. The zero-order chi connectivity index (χ0) is 13.1. The maximum Gasteiger partial charge on any atom is 0.133 e. The number of aryl methyl sites for hydroxylation is 1. The van der Waals surface area contributed by atoms with Crippen LogP contribution >= 0.6 is 28.1 Å². The summed E-state index contributed by atoms with van der Waals surface area (Å²) in [6.45, 7) is 4.16. The van der Waals surface area contributed by atoms with Crippen LogP contribution in [0.25, 0.3) is 0 Å². The summed E-state index contributed by atoms with van der Waals surface area (Å²) in [5.41, 5.74) is 3.49. The van der Waals surface area contributed by atoms with Crippen LogP contribution in [0.3, 0.4) is 0 Å². The fourth-order valence-electron chi connectivity index (χ4n) is 1.97. The van der Waals surface area contributed by atoms with E-state index in [9.17, 15) is 0 Å². The molecule has 0 aliphatic heterocycles. The summed E-state index contributed by atoms with van der Waals surface area (Å²) in [7, 11) is 0. The van der Waals surface area contributed by atoms with Gasteiger partial charge in [0.25, 0.3) is 0 Å². The van der Waals surface area contributed by atoms with Crippen LogP contribution in [-0.2, 0) is 12.8 Å². The molecule has 1 heterocycles. The van der Waals surface area contributed by atoms with Crippen molar-refractivity contribution in [3.63, 3.8) is 0 Å². The molecule has 2 aromatic rings. The lowest BCUT2D eigenvalue weighted by molar-refractivity contribution is 0.895. The first-order chi connectivity index (χ1) is 8.60. The quantitative estimate of drug-likeness (QED) is 0.850. The zero-order valence-corrected chi connectivity index (χ0v) is 12.9. The lowest BCUT2D eigenvalue weighted by atomic mass is 10.1. The number of aromatic nitrogens is 2. The molecule has 0 fully saturated rings. The van der Waals surface area contributed by atoms with Gasteiger partial charge in [0.2, 0.25) is 0 Å². The van der Waals surface area contributed by atoms with Gasteiger partial charge in [-0.2, -0.15) is 0 Å². The molecule has 0 saturated carbocycles. The van der Waals surface area contributed by atoms with Crippen LogP contribution in [0.2, 0.25) is 0 Å². The molecule has 1 aromatic carbocycles. The average Bonchev–Trinajstić information content (AvgIpc) is 2.32. The lowest BCUT2D eigenvalue weighted by Gasteiger charge is -2.07. The van der Waals surface area contributed by atoms with Crippen molar-refractivity contribution in [3.05, 3.63) is 56.0 Å². The maximum atomic E-state index is 5.32. The molecule has 94 valence electrons. The van der Waals surface area contributed by atoms with E-state index >= 15 is 0 Å². The average molecular weight is 323 g/mol. The maximum absolute atomic E-state index is 5.32. The van der Waals surface area contributed by atoms with Crippen LogP contribution in [-0.4, -0.2) is 9.97 Å². The van der Waals surface area contributed by atoms with Crippen LogP contribution in [0, 0.1) is 11.6 Å². The highest BCUT2D eigenvalue weighted by molar-refractivity contribution is 9.10. The Morgan fingerprint density at radius 1 is 1.28 bits per heavy atom. The van der Waals surface area contributed by atoms with Crippen LogP contribution in [0.5, 0.6) is 0 Å². The molecule has 2 nitrogen and oxygen atoms in total. The molecule has 0 aliphatic rings. The minimum Gasteiger partial charge on any atom is -0.347 e. The minimum atomic E-state index is 0.723. The van der Waals surface area contributed by atoms with Crippen molar-refractivity contribution in [1.29, 1.82) is 0 Å². The van der Waals surface area contributed by atoms with Crippen molar-refractivity contribution in [2.45, 2.75) is 26.7 Å². The smallest absolute Gasteiger partial charge is 0.133 e. The first-order valence-electron chi connectivity index (χ1n) is 5.93. The molecule has 2 rings (SSSR count). The summed E-state index contributed by atoms with van der Waals surface area (Å²) < 4.78 is 1.81. The number of rotatable bonds is 3. The van der Waals surface area contributed by atoms with Crippen molar-refractivity contribution >= 4 is 28.1 Å². The second-order valence-electron chi connectivity index (χ2n) is 4.25. The van der Waals surface area contributed by atoms with Crippen LogP contribution in [0.1, 0.15) is 29.6 Å². The summed E-state index contributed by atoms with van der Waals surface area (Å²) in [6, 6.07) is 8.26. The molecule has 0 amide bonds. The van der Waals surface area contributed by atoms with E-state index in [-0.39, 0.29) is 0 Å². The van der Waals surface area contributed by atoms with E-state index in [0.29, 0.717) is 0 Å². The standard InChI is InChI=1S/C14H15BrN2S/c1-3-12-9(2)16-13(17-14(12)18)8-10-4-6-11(15)7-5-10/h4-7H,3,8H2,1-2H3,(H,16,17,18). The number of benzene rings is 1. The highest BCUT2D eigenvalue weighted by Gasteiger charge is 2.04. The van der Waals surface area contributed by atoms with Gasteiger partial charge in [-0.15, -0.1) is 0 Å². The van der Waals surface area contributed by atoms with Gasteiger partial charge < -0.3 is 4.98 Å². The highest BCUT2D eigenvalue weighted by atomic mass is 79.9. The second-order valence-corrected chi connectivity index (χ2v) is 5.55. The van der Waals surface area contributed by atoms with Gasteiger partial charge in [0.1, 0.15) is 10.5 Å². The topological polar surface area (TPSA) is 28.7 Å². The van der Waals surface area contributed by atoms with E-state index in [1.165, 1.54) is 5.56 Å². The predicted molar refractivity (Wildman–Crippen MR) is 80.5 cm³/mol. The Kier molecular flexibility index (Phi) is 4.30. The monoisotopic (exact) mass is 322 g/mol. The van der Waals surface area contributed by atoms with E-state index in [1.807, 2.05) is 12.1 Å². The van der Waals surface area contributed by atoms with Gasteiger partial charge in [0, 0.05) is 22.2 Å². The molecular formula is C14H15BrN2S. The Balaban J connectivity index is 2.30. The van der Waals surface area contributed by atoms with Crippen molar-refractivity contribution in [3.8, 4) is 0 Å². The van der Waals surface area contributed by atoms with Crippen molar-refractivity contribution in [1.82, 2.24) is 9.97 Å². The zero-order valence-electron chi connectivity index (χ0n) is 10.5. The van der Waals surface area contributed by atoms with E-state index in [4.69, 9.17) is 12.2 Å². The molecule has 0 bridgehead atoms. The molecule has 0 spiro atoms. The fraction of sp³-hybridized carbons (Fsp3) is 0.286. The van der Waals surface area contributed by atoms with E-state index in [2.05, 4.69) is 51.9 Å². The molecule has 4 heteroatoms. The molecule has 1 aromatic heterocycles. The van der Waals surface area contributed by atoms with Gasteiger partial charge >= 0.3 is 0 Å². The second kappa shape index (κ2) is 5.76. The van der Waals surface area contributed by atoms with Crippen LogP contribution < -0.4 is 0 Å². The summed E-state index contributed by atoms with van der Waals surface area (Å²) in [6.07, 6.45) is 1.70. The molecule has 0 radical (unpaired) electrons. The number of H-pyrrole nitrogens is 1. The molecule has 0 unspecified atom stereocenters. The van der Waals surface area contributed by atoms with Gasteiger partial charge in [-0.3, -0.25) is 0 Å². The molecule has 1 N–H and O–H groups in total. The van der Waals surface area contributed by atoms with E-state index < -0.39 is 0 Å². The van der Waals surface area contributed by atoms with Crippen molar-refractivity contribution in [2.75, 3.05) is 0 Å². The molecule has 0 saturated heterocycles. The third-order valence-corrected chi connectivity index (χ3v) is 3.78. The Morgan fingerprint density at radius 3 is 2.50 bits per heavy atom. The molecule has 0 atom stereocenters. The van der Waals surface area contributed by atoms with Crippen molar-refractivity contribution in [2.24, 2.45) is 0 Å². The number of nitrogens with one attached hydrogen (secondary N) is 1. The highest BCUT2D eigenvalue weighted by Crippen LogP contribution is 2.14. The summed E-state index contributed by atoms with van der Waals surface area (Å²) in [5.74, 6) is 0.928. The van der Waals surface area contributed by atoms with Crippen molar-refractivity contribution < 1.29 is 0 Å². The third kappa shape index (κ3) is 3.06. The van der Waals surface area contributed by atoms with Crippen LogP contribution in [0.15, 0.2) is 28.7 Å². The fourth-order valence-corrected chi connectivity index (χ4v) is 2.64. The molecule has 0 aliphatic carbocycles. The number of hydrogen-bond acceptors (Lipinski definition) is 2. The number of halogens is 1. The summed E-state index contributed by atoms with van der Waals surface area (Å²) >= 11 is 8.76. The first kappa shape index (κ1) is 13.4. The normalized spacial score (nSPS) is 10.6. The van der Waals surface area contributed by atoms with Gasteiger partial charge in [-0.05, 0) is 31.0 Å². The minimum absolute atomic E-state index is 0.723. The SMILES string of the molecule is CCc1c(C)[nH]c(Cc2ccc(Br)cc2)nc1=S. The summed E-state index contributed by atoms with van der Waals surface area (Å²) in [4.78, 5) is 7.81. The summed E-state index contributed by atoms with van der Waals surface area (Å²) in [5, 5.41) is 0. The molecule has 18 heavy (non-hydrogen) atoms. The van der Waals surface area contributed by atoms with Gasteiger partial charge in [-0.25, -0.2) is 4.98 Å². The number of nitrogens with zero attached hydrogens (tertiary/aromatic N) is 1. The van der Waals surface area contributed by atoms with E-state index in [1.54, 1.807) is 0 Å². The van der Waals surface area contributed by atoms with Gasteiger partial charge in [0.05, 0.1) is 0 Å².